The van der Waals surface area contributed by atoms with E-state index in [1.54, 1.807) is 6.07 Å². The molecule has 0 atom stereocenters. The highest BCUT2D eigenvalue weighted by Gasteiger charge is 2.23. The number of nitrogens with one attached hydrogen (secondary N) is 1. The standard InChI is InChI=1S/C16H23N3OS/c20-15-8-4-3-7-14(15)18-9-11-19(12-10-18)16(21)17-13-5-1-2-6-13/h3-4,7-8,13,20H,1-2,5-6,9-12H2,(H,17,21). The van der Waals surface area contributed by atoms with Gasteiger partial charge in [-0.25, -0.2) is 0 Å². The smallest absolute Gasteiger partial charge is 0.169 e. The first-order valence-corrected chi connectivity index (χ1v) is 8.23. The summed E-state index contributed by atoms with van der Waals surface area (Å²) in [6.45, 7) is 3.61. The quantitative estimate of drug-likeness (QED) is 0.821. The van der Waals surface area contributed by atoms with Crippen molar-refractivity contribution in [3.63, 3.8) is 0 Å². The molecule has 0 amide bonds. The van der Waals surface area contributed by atoms with Gasteiger partial charge in [0, 0.05) is 32.2 Å². The molecule has 1 aromatic rings. The molecular weight excluding hydrogens is 282 g/mol. The number of benzene rings is 1. The van der Waals surface area contributed by atoms with Crippen LogP contribution in [0.25, 0.3) is 0 Å². The Labute approximate surface area is 131 Å². The van der Waals surface area contributed by atoms with Gasteiger partial charge in [0.1, 0.15) is 5.75 Å². The molecule has 1 heterocycles. The molecule has 4 nitrogen and oxygen atoms in total. The molecule has 1 aliphatic carbocycles. The fourth-order valence-electron chi connectivity index (χ4n) is 3.22. The summed E-state index contributed by atoms with van der Waals surface area (Å²) in [6, 6.07) is 8.12. The maximum atomic E-state index is 9.93. The molecule has 1 saturated heterocycles. The molecular formula is C16H23N3OS. The van der Waals surface area contributed by atoms with E-state index in [4.69, 9.17) is 12.2 Å². The van der Waals surface area contributed by atoms with Crippen LogP contribution in [-0.4, -0.2) is 47.3 Å². The van der Waals surface area contributed by atoms with Gasteiger partial charge in [-0.1, -0.05) is 25.0 Å². The van der Waals surface area contributed by atoms with E-state index in [1.165, 1.54) is 25.7 Å². The van der Waals surface area contributed by atoms with Gasteiger partial charge in [-0.05, 0) is 37.2 Å². The zero-order valence-electron chi connectivity index (χ0n) is 12.3. The van der Waals surface area contributed by atoms with Crippen LogP contribution >= 0.6 is 12.2 Å². The van der Waals surface area contributed by atoms with Crippen LogP contribution < -0.4 is 10.2 Å². The largest absolute Gasteiger partial charge is 0.506 e. The Hall–Kier alpha value is -1.49. The summed E-state index contributed by atoms with van der Waals surface area (Å²) in [5.41, 5.74) is 0.923. The molecule has 2 N–H and O–H groups in total. The second kappa shape index (κ2) is 6.52. The number of phenols is 1. The van der Waals surface area contributed by atoms with Crippen molar-refractivity contribution in [3.05, 3.63) is 24.3 Å². The first-order chi connectivity index (χ1) is 10.2. The molecule has 0 bridgehead atoms. The number of hydrogen-bond acceptors (Lipinski definition) is 3. The van der Waals surface area contributed by atoms with E-state index in [9.17, 15) is 5.11 Å². The minimum absolute atomic E-state index is 0.359. The van der Waals surface area contributed by atoms with Gasteiger partial charge < -0.3 is 20.2 Å². The van der Waals surface area contributed by atoms with Crippen LogP contribution in [0.5, 0.6) is 5.75 Å². The van der Waals surface area contributed by atoms with Crippen LogP contribution in [-0.2, 0) is 0 Å². The lowest BCUT2D eigenvalue weighted by molar-refractivity contribution is 0.371. The molecule has 0 radical (unpaired) electrons. The van der Waals surface area contributed by atoms with Crippen LogP contribution in [0.1, 0.15) is 25.7 Å². The van der Waals surface area contributed by atoms with Gasteiger partial charge in [-0.15, -0.1) is 0 Å². The van der Waals surface area contributed by atoms with Crippen molar-refractivity contribution in [1.29, 1.82) is 0 Å². The van der Waals surface area contributed by atoms with Crippen LogP contribution in [0.2, 0.25) is 0 Å². The van der Waals surface area contributed by atoms with E-state index in [1.807, 2.05) is 18.2 Å². The van der Waals surface area contributed by atoms with Crippen molar-refractivity contribution in [2.45, 2.75) is 31.7 Å². The molecule has 1 saturated carbocycles. The highest BCUT2D eigenvalue weighted by Crippen LogP contribution is 2.27. The summed E-state index contributed by atoms with van der Waals surface area (Å²) < 4.78 is 0. The van der Waals surface area contributed by atoms with Gasteiger partial charge in [0.15, 0.2) is 5.11 Å². The number of hydrogen-bond donors (Lipinski definition) is 2. The predicted octanol–water partition coefficient (Wildman–Crippen LogP) is 2.33. The Kier molecular flexibility index (Phi) is 4.48. The number of aromatic hydroxyl groups is 1. The molecule has 21 heavy (non-hydrogen) atoms. The third-order valence-corrected chi connectivity index (χ3v) is 4.85. The van der Waals surface area contributed by atoms with Gasteiger partial charge in [0.25, 0.3) is 0 Å². The number of rotatable bonds is 2. The van der Waals surface area contributed by atoms with Gasteiger partial charge in [0.2, 0.25) is 0 Å². The Balaban J connectivity index is 1.52. The van der Waals surface area contributed by atoms with Gasteiger partial charge in [0.05, 0.1) is 5.69 Å². The molecule has 3 rings (SSSR count). The van der Waals surface area contributed by atoms with Gasteiger partial charge in [-0.3, -0.25) is 0 Å². The molecule has 114 valence electrons. The first kappa shape index (κ1) is 14.4. The first-order valence-electron chi connectivity index (χ1n) is 7.82. The fraction of sp³-hybridized carbons (Fsp3) is 0.562. The van der Waals surface area contributed by atoms with E-state index >= 15 is 0 Å². The van der Waals surface area contributed by atoms with E-state index in [0.717, 1.165) is 37.0 Å². The Morgan fingerprint density at radius 2 is 1.76 bits per heavy atom. The van der Waals surface area contributed by atoms with Gasteiger partial charge in [-0.2, -0.15) is 0 Å². The van der Waals surface area contributed by atoms with Crippen LogP contribution in [0.3, 0.4) is 0 Å². The maximum Gasteiger partial charge on any atom is 0.169 e. The lowest BCUT2D eigenvalue weighted by Crippen LogP contribution is -2.53. The highest BCUT2D eigenvalue weighted by molar-refractivity contribution is 7.80. The third kappa shape index (κ3) is 3.40. The summed E-state index contributed by atoms with van der Waals surface area (Å²) in [6.07, 6.45) is 5.14. The molecule has 2 fully saturated rings. The molecule has 1 aliphatic heterocycles. The number of thiocarbonyl (C=S) groups is 1. The Morgan fingerprint density at radius 3 is 2.43 bits per heavy atom. The maximum absolute atomic E-state index is 9.93. The molecule has 2 aliphatic rings. The third-order valence-electron chi connectivity index (χ3n) is 4.47. The van der Waals surface area contributed by atoms with E-state index < -0.39 is 0 Å². The topological polar surface area (TPSA) is 38.7 Å². The summed E-state index contributed by atoms with van der Waals surface area (Å²) >= 11 is 5.54. The van der Waals surface area contributed by atoms with E-state index in [2.05, 4.69) is 15.1 Å². The van der Waals surface area contributed by atoms with E-state index in [-0.39, 0.29) is 0 Å². The average molecular weight is 305 g/mol. The normalized spacial score (nSPS) is 19.8. The Bertz CT molecular complexity index is 494. The number of anilines is 1. The average Bonchev–Trinajstić information content (AvgIpc) is 3.01. The Morgan fingerprint density at radius 1 is 1.10 bits per heavy atom. The van der Waals surface area contributed by atoms with Crippen LogP contribution in [0.15, 0.2) is 24.3 Å². The lowest BCUT2D eigenvalue weighted by Gasteiger charge is -2.38. The number of nitrogens with zero attached hydrogens (tertiary/aromatic N) is 2. The number of para-hydroxylation sites is 2. The zero-order valence-corrected chi connectivity index (χ0v) is 13.1. The SMILES string of the molecule is Oc1ccccc1N1CCN(C(=S)NC2CCCC2)CC1. The van der Waals surface area contributed by atoms with E-state index in [0.29, 0.717) is 11.8 Å². The van der Waals surface area contributed by atoms with Crippen LogP contribution in [0, 0.1) is 0 Å². The highest BCUT2D eigenvalue weighted by atomic mass is 32.1. The number of phenolic OH excluding ortho intramolecular Hbond substituents is 1. The molecule has 5 heteroatoms. The van der Waals surface area contributed by atoms with Crippen molar-refractivity contribution in [1.82, 2.24) is 10.2 Å². The van der Waals surface area contributed by atoms with Crippen LogP contribution in [0.4, 0.5) is 5.69 Å². The van der Waals surface area contributed by atoms with Crippen molar-refractivity contribution >= 4 is 23.0 Å². The monoisotopic (exact) mass is 305 g/mol. The van der Waals surface area contributed by atoms with Crippen molar-refractivity contribution in [2.24, 2.45) is 0 Å². The molecule has 0 unspecified atom stereocenters. The summed E-state index contributed by atoms with van der Waals surface area (Å²) in [4.78, 5) is 4.48. The second-order valence-corrected chi connectivity index (χ2v) is 6.28. The molecule has 0 spiro atoms. The fourth-order valence-corrected chi connectivity index (χ4v) is 3.57. The van der Waals surface area contributed by atoms with Crippen molar-refractivity contribution in [2.75, 3.05) is 31.1 Å². The summed E-state index contributed by atoms with van der Waals surface area (Å²) in [7, 11) is 0. The zero-order chi connectivity index (χ0) is 14.7. The van der Waals surface area contributed by atoms with Crippen molar-refractivity contribution < 1.29 is 5.11 Å². The minimum atomic E-state index is 0.359. The number of piperazine rings is 1. The van der Waals surface area contributed by atoms with Crippen molar-refractivity contribution in [3.8, 4) is 5.75 Å². The summed E-state index contributed by atoms with van der Waals surface area (Å²) in [5.74, 6) is 0.359. The molecule has 1 aromatic carbocycles. The lowest BCUT2D eigenvalue weighted by atomic mass is 10.2. The second-order valence-electron chi connectivity index (χ2n) is 5.89. The summed E-state index contributed by atoms with van der Waals surface area (Å²) in [5, 5.41) is 14.3. The molecule has 0 aromatic heterocycles. The predicted molar refractivity (Wildman–Crippen MR) is 89.9 cm³/mol. The minimum Gasteiger partial charge on any atom is -0.506 e. The van der Waals surface area contributed by atoms with Gasteiger partial charge >= 0.3 is 0 Å².